The summed E-state index contributed by atoms with van der Waals surface area (Å²) in [6.45, 7) is 6.07. The molecule has 8 aromatic rings. The van der Waals surface area contributed by atoms with Gasteiger partial charge >= 0.3 is 0 Å². The van der Waals surface area contributed by atoms with Crippen molar-refractivity contribution in [3.8, 4) is 33.5 Å². The van der Waals surface area contributed by atoms with Crippen LogP contribution in [0.2, 0.25) is 0 Å². The van der Waals surface area contributed by atoms with Crippen LogP contribution in [0.25, 0.3) is 88.3 Å². The highest BCUT2D eigenvalue weighted by Gasteiger charge is 2.13. The zero-order valence-electron chi connectivity index (χ0n) is 24.3. The summed E-state index contributed by atoms with van der Waals surface area (Å²) in [5, 5.41) is 5.95. The average Bonchev–Trinajstić information content (AvgIpc) is 3.45. The second-order valence-corrected chi connectivity index (χ2v) is 12.1. The number of thiophene rings is 1. The standard InChI is InChI=1S/C41H28N2S/c1-3-9-33-36-24-30(22-23-39(36)44-38(33)4-2)28-16-14-26(15-17-28)27-18-20-29(21-19-27)37-25-42-40-34-12-7-5-10-31(34)32-11-6-8-13-35(32)41(40)43-37/h3-25H,2H2,1H3/b9-3-. The smallest absolute Gasteiger partial charge is 0.0979 e. The van der Waals surface area contributed by atoms with E-state index in [1.807, 2.05) is 12.3 Å². The van der Waals surface area contributed by atoms with Crippen LogP contribution in [-0.4, -0.2) is 9.97 Å². The Bertz CT molecular complexity index is 2360. The van der Waals surface area contributed by atoms with E-state index >= 15 is 0 Å². The largest absolute Gasteiger partial charge is 0.252 e. The normalized spacial score (nSPS) is 11.8. The molecule has 2 aromatic heterocycles. The Hall–Kier alpha value is -5.38. The lowest BCUT2D eigenvalue weighted by Gasteiger charge is -2.11. The van der Waals surface area contributed by atoms with E-state index in [4.69, 9.17) is 9.97 Å². The van der Waals surface area contributed by atoms with Crippen molar-refractivity contribution in [3.63, 3.8) is 0 Å². The third-order valence-corrected chi connectivity index (χ3v) is 9.62. The number of fused-ring (bicyclic) bond motifs is 7. The van der Waals surface area contributed by atoms with E-state index in [0.29, 0.717) is 0 Å². The van der Waals surface area contributed by atoms with Crippen molar-refractivity contribution in [1.82, 2.24) is 9.97 Å². The Labute approximate surface area is 260 Å². The number of hydrogen-bond donors (Lipinski definition) is 0. The fourth-order valence-corrected chi connectivity index (χ4v) is 7.28. The maximum atomic E-state index is 5.15. The first kappa shape index (κ1) is 26.3. The molecule has 0 aliphatic heterocycles. The Morgan fingerprint density at radius 2 is 1.14 bits per heavy atom. The fourth-order valence-electron chi connectivity index (χ4n) is 6.26. The molecule has 6 aromatic carbocycles. The molecule has 0 bridgehead atoms. The number of hydrogen-bond acceptors (Lipinski definition) is 3. The van der Waals surface area contributed by atoms with Gasteiger partial charge in [0, 0.05) is 31.3 Å². The molecule has 8 rings (SSSR count). The predicted molar refractivity (Wildman–Crippen MR) is 191 cm³/mol. The van der Waals surface area contributed by atoms with Crippen molar-refractivity contribution < 1.29 is 0 Å². The molecule has 0 spiro atoms. The first-order valence-corrected chi connectivity index (χ1v) is 15.6. The number of rotatable bonds is 5. The molecule has 0 saturated carbocycles. The van der Waals surface area contributed by atoms with Gasteiger partial charge in [-0.05, 0) is 57.6 Å². The molecule has 0 atom stereocenters. The van der Waals surface area contributed by atoms with Gasteiger partial charge in [0.15, 0.2) is 0 Å². The van der Waals surface area contributed by atoms with Gasteiger partial charge in [-0.15, -0.1) is 11.3 Å². The Morgan fingerprint density at radius 1 is 0.591 bits per heavy atom. The Morgan fingerprint density at radius 3 is 1.75 bits per heavy atom. The van der Waals surface area contributed by atoms with Crippen molar-refractivity contribution in [3.05, 3.63) is 145 Å². The topological polar surface area (TPSA) is 25.8 Å². The fraction of sp³-hybridized carbons (Fsp3) is 0.0244. The molecule has 0 aliphatic carbocycles. The summed E-state index contributed by atoms with van der Waals surface area (Å²) in [6.07, 6.45) is 8.13. The van der Waals surface area contributed by atoms with Gasteiger partial charge in [-0.2, -0.15) is 0 Å². The van der Waals surface area contributed by atoms with Crippen molar-refractivity contribution in [2.45, 2.75) is 6.92 Å². The van der Waals surface area contributed by atoms with Crippen LogP contribution >= 0.6 is 11.3 Å². The van der Waals surface area contributed by atoms with Crippen LogP contribution in [0.15, 0.2) is 134 Å². The number of allylic oxidation sites excluding steroid dienone is 1. The summed E-state index contributed by atoms with van der Waals surface area (Å²) < 4.78 is 1.28. The summed E-state index contributed by atoms with van der Waals surface area (Å²) in [5.41, 5.74) is 9.83. The molecular formula is C41H28N2S. The summed E-state index contributed by atoms with van der Waals surface area (Å²) in [4.78, 5) is 11.3. The minimum Gasteiger partial charge on any atom is -0.252 e. The lowest BCUT2D eigenvalue weighted by atomic mass is 9.97. The summed E-state index contributed by atoms with van der Waals surface area (Å²) >= 11 is 1.79. The second-order valence-electron chi connectivity index (χ2n) is 11.0. The molecule has 208 valence electrons. The highest BCUT2D eigenvalue weighted by atomic mass is 32.1. The van der Waals surface area contributed by atoms with Crippen molar-refractivity contribution >= 4 is 66.2 Å². The van der Waals surface area contributed by atoms with Crippen LogP contribution < -0.4 is 0 Å². The monoisotopic (exact) mass is 580 g/mol. The maximum absolute atomic E-state index is 5.15. The van der Waals surface area contributed by atoms with Crippen LogP contribution in [0.1, 0.15) is 17.4 Å². The Kier molecular flexibility index (Phi) is 6.40. The molecule has 0 fully saturated rings. The van der Waals surface area contributed by atoms with Gasteiger partial charge in [0.2, 0.25) is 0 Å². The zero-order chi connectivity index (χ0) is 29.6. The van der Waals surface area contributed by atoms with E-state index in [1.54, 1.807) is 11.3 Å². The molecule has 3 heteroatoms. The van der Waals surface area contributed by atoms with Crippen LogP contribution in [0, 0.1) is 0 Å². The van der Waals surface area contributed by atoms with E-state index in [1.165, 1.54) is 53.6 Å². The average molecular weight is 581 g/mol. The highest BCUT2D eigenvalue weighted by molar-refractivity contribution is 7.20. The zero-order valence-corrected chi connectivity index (χ0v) is 25.1. The molecule has 2 heterocycles. The number of benzene rings is 6. The van der Waals surface area contributed by atoms with E-state index in [2.05, 4.69) is 141 Å². The van der Waals surface area contributed by atoms with Gasteiger partial charge in [-0.1, -0.05) is 128 Å². The van der Waals surface area contributed by atoms with Gasteiger partial charge in [-0.25, -0.2) is 4.98 Å². The highest BCUT2D eigenvalue weighted by Crippen LogP contribution is 2.37. The molecule has 0 radical (unpaired) electrons. The van der Waals surface area contributed by atoms with Gasteiger partial charge in [0.05, 0.1) is 22.9 Å². The van der Waals surface area contributed by atoms with Crippen molar-refractivity contribution in [2.24, 2.45) is 0 Å². The van der Waals surface area contributed by atoms with Crippen molar-refractivity contribution in [2.75, 3.05) is 0 Å². The minimum atomic E-state index is 0.876. The van der Waals surface area contributed by atoms with E-state index in [9.17, 15) is 0 Å². The van der Waals surface area contributed by atoms with E-state index in [-0.39, 0.29) is 0 Å². The summed E-state index contributed by atoms with van der Waals surface area (Å²) in [5.74, 6) is 0. The number of aromatic nitrogens is 2. The van der Waals surface area contributed by atoms with Crippen LogP contribution in [0.3, 0.4) is 0 Å². The maximum Gasteiger partial charge on any atom is 0.0979 e. The molecule has 2 nitrogen and oxygen atoms in total. The molecule has 0 unspecified atom stereocenters. The van der Waals surface area contributed by atoms with E-state index in [0.717, 1.165) is 33.1 Å². The number of nitrogens with zero attached hydrogens (tertiary/aromatic N) is 2. The van der Waals surface area contributed by atoms with Gasteiger partial charge < -0.3 is 0 Å². The minimum absolute atomic E-state index is 0.876. The van der Waals surface area contributed by atoms with E-state index < -0.39 is 0 Å². The second kappa shape index (κ2) is 10.7. The summed E-state index contributed by atoms with van der Waals surface area (Å²) in [7, 11) is 0. The van der Waals surface area contributed by atoms with Gasteiger partial charge in [0.1, 0.15) is 0 Å². The lowest BCUT2D eigenvalue weighted by molar-refractivity contribution is 1.31. The van der Waals surface area contributed by atoms with Crippen LogP contribution in [0.4, 0.5) is 0 Å². The predicted octanol–water partition coefficient (Wildman–Crippen LogP) is 11.8. The first-order valence-electron chi connectivity index (χ1n) is 14.8. The molecule has 0 saturated heterocycles. The molecule has 0 amide bonds. The van der Waals surface area contributed by atoms with Crippen LogP contribution in [-0.2, 0) is 0 Å². The molecular weight excluding hydrogens is 553 g/mol. The van der Waals surface area contributed by atoms with Crippen LogP contribution in [0.5, 0.6) is 0 Å². The Balaban J connectivity index is 1.12. The van der Waals surface area contributed by atoms with Crippen molar-refractivity contribution in [1.29, 1.82) is 0 Å². The third-order valence-electron chi connectivity index (χ3n) is 8.43. The summed E-state index contributed by atoms with van der Waals surface area (Å²) in [6, 6.07) is 41.2. The van der Waals surface area contributed by atoms with Gasteiger partial charge in [0.25, 0.3) is 0 Å². The SMILES string of the molecule is C=Cc1sc2ccc(-c3ccc(-c4ccc(-c5cnc6c7ccccc7c7ccccc7c6n5)cc4)cc3)cc2c1/C=C\C. The molecule has 0 N–H and O–H groups in total. The third kappa shape index (κ3) is 4.33. The quantitative estimate of drug-likeness (QED) is 0.189. The molecule has 44 heavy (non-hydrogen) atoms. The molecule has 0 aliphatic rings. The lowest BCUT2D eigenvalue weighted by Crippen LogP contribution is -1.92. The first-order chi connectivity index (χ1) is 21.7. The van der Waals surface area contributed by atoms with Gasteiger partial charge in [-0.3, -0.25) is 4.98 Å².